The van der Waals surface area contributed by atoms with Gasteiger partial charge in [-0.15, -0.1) is 0 Å². The summed E-state index contributed by atoms with van der Waals surface area (Å²) in [6.07, 6.45) is 3.41. The van der Waals surface area contributed by atoms with Gasteiger partial charge in [0.25, 0.3) is 0 Å². The molecule has 5 heteroatoms. The first kappa shape index (κ1) is 19.6. The van der Waals surface area contributed by atoms with E-state index in [1.54, 1.807) is 7.11 Å². The molecule has 0 aromatic heterocycles. The molecule has 4 rings (SSSR count). The fourth-order valence-corrected chi connectivity index (χ4v) is 5.21. The van der Waals surface area contributed by atoms with Crippen LogP contribution in [-0.4, -0.2) is 36.2 Å². The zero-order valence-electron chi connectivity index (χ0n) is 17.2. The predicted octanol–water partition coefficient (Wildman–Crippen LogP) is 3.70. The van der Waals surface area contributed by atoms with Gasteiger partial charge in [-0.05, 0) is 52.4 Å². The van der Waals surface area contributed by atoms with Crippen LogP contribution in [0, 0.1) is 11.3 Å². The zero-order valence-corrected chi connectivity index (χ0v) is 17.2. The van der Waals surface area contributed by atoms with Crippen molar-refractivity contribution in [2.24, 2.45) is 11.3 Å². The second-order valence-corrected chi connectivity index (χ2v) is 8.35. The van der Waals surface area contributed by atoms with Crippen molar-refractivity contribution in [3.05, 3.63) is 47.5 Å². The summed E-state index contributed by atoms with van der Waals surface area (Å²) in [7, 11) is 1.66. The number of methoxy groups -OCH3 is 1. The number of ketones is 1. The molecule has 0 bridgehead atoms. The first-order valence-corrected chi connectivity index (χ1v) is 9.93. The largest absolute Gasteiger partial charge is 0.497 e. The first-order chi connectivity index (χ1) is 13.7. The number of hydrogen-bond donors (Lipinski definition) is 1. The van der Waals surface area contributed by atoms with Gasteiger partial charge in [0.1, 0.15) is 11.4 Å². The Labute approximate surface area is 170 Å². The Morgan fingerprint density at radius 3 is 2.69 bits per heavy atom. The highest BCUT2D eigenvalue weighted by molar-refractivity contribution is 5.99. The molecule has 0 heterocycles. The van der Waals surface area contributed by atoms with E-state index < -0.39 is 29.4 Å². The number of carbonyl (C=O) groups excluding carboxylic acids is 2. The SMILES string of the molecule is COc1ccc2c3c(ccc2c1)C1=C[C@@H](C)[C@](O)(C(=O)COC(C)=O)[C@@]1(C)CC3. The minimum atomic E-state index is -1.59. The van der Waals surface area contributed by atoms with Gasteiger partial charge in [0.05, 0.1) is 7.11 Å². The van der Waals surface area contributed by atoms with Crippen LogP contribution >= 0.6 is 0 Å². The van der Waals surface area contributed by atoms with Gasteiger partial charge in [0.2, 0.25) is 5.78 Å². The lowest BCUT2D eigenvalue weighted by atomic mass is 9.60. The van der Waals surface area contributed by atoms with Crippen molar-refractivity contribution in [1.82, 2.24) is 0 Å². The molecule has 2 aliphatic rings. The third-order valence-corrected chi connectivity index (χ3v) is 6.85. The van der Waals surface area contributed by atoms with Crippen LogP contribution in [0.1, 0.15) is 38.3 Å². The number of ether oxygens (including phenoxy) is 2. The molecule has 5 nitrogen and oxygen atoms in total. The average molecular weight is 394 g/mol. The van der Waals surface area contributed by atoms with E-state index in [1.807, 2.05) is 32.1 Å². The van der Waals surface area contributed by atoms with Crippen molar-refractivity contribution in [3.63, 3.8) is 0 Å². The van der Waals surface area contributed by atoms with Crippen molar-refractivity contribution in [2.45, 2.75) is 39.2 Å². The van der Waals surface area contributed by atoms with Crippen molar-refractivity contribution >= 4 is 28.1 Å². The number of aliphatic hydroxyl groups is 1. The van der Waals surface area contributed by atoms with E-state index >= 15 is 0 Å². The van der Waals surface area contributed by atoms with E-state index in [4.69, 9.17) is 9.47 Å². The maximum atomic E-state index is 13.0. The lowest BCUT2D eigenvalue weighted by Crippen LogP contribution is -2.56. The summed E-state index contributed by atoms with van der Waals surface area (Å²) in [6.45, 7) is 4.66. The molecule has 1 N–H and O–H groups in total. The summed E-state index contributed by atoms with van der Waals surface area (Å²) in [6, 6.07) is 10.2. The second kappa shape index (κ2) is 6.70. The Kier molecular flexibility index (Phi) is 4.54. The van der Waals surface area contributed by atoms with Gasteiger partial charge in [0.15, 0.2) is 6.61 Å². The van der Waals surface area contributed by atoms with Gasteiger partial charge >= 0.3 is 5.97 Å². The molecule has 0 radical (unpaired) electrons. The molecule has 3 atom stereocenters. The maximum absolute atomic E-state index is 13.0. The summed E-state index contributed by atoms with van der Waals surface area (Å²) in [5.74, 6) is -0.523. The highest BCUT2D eigenvalue weighted by atomic mass is 16.5. The smallest absolute Gasteiger partial charge is 0.303 e. The van der Waals surface area contributed by atoms with Crippen LogP contribution < -0.4 is 4.74 Å². The zero-order chi connectivity index (χ0) is 21.0. The van der Waals surface area contributed by atoms with Crippen molar-refractivity contribution in [2.75, 3.05) is 13.7 Å². The monoisotopic (exact) mass is 394 g/mol. The van der Waals surface area contributed by atoms with Crippen LogP contribution in [0.5, 0.6) is 5.75 Å². The van der Waals surface area contributed by atoms with Gasteiger partial charge in [-0.2, -0.15) is 0 Å². The molecular weight excluding hydrogens is 368 g/mol. The Morgan fingerprint density at radius 2 is 2.00 bits per heavy atom. The molecule has 0 saturated carbocycles. The van der Waals surface area contributed by atoms with Gasteiger partial charge in [0, 0.05) is 18.3 Å². The average Bonchev–Trinajstić information content (AvgIpc) is 2.92. The lowest BCUT2D eigenvalue weighted by molar-refractivity contribution is -0.162. The maximum Gasteiger partial charge on any atom is 0.303 e. The van der Waals surface area contributed by atoms with Crippen molar-refractivity contribution in [3.8, 4) is 5.75 Å². The number of aryl methyl sites for hydroxylation is 1. The quantitative estimate of drug-likeness (QED) is 0.801. The Hall–Kier alpha value is -2.66. The molecule has 0 spiro atoms. The fourth-order valence-electron chi connectivity index (χ4n) is 5.21. The number of fused-ring (bicyclic) bond motifs is 5. The van der Waals surface area contributed by atoms with Crippen LogP contribution in [0.4, 0.5) is 0 Å². The van der Waals surface area contributed by atoms with Crippen LogP contribution in [0.25, 0.3) is 16.3 Å². The third kappa shape index (κ3) is 2.71. The minimum Gasteiger partial charge on any atom is -0.497 e. The number of hydrogen-bond acceptors (Lipinski definition) is 5. The van der Waals surface area contributed by atoms with Crippen molar-refractivity contribution in [1.29, 1.82) is 0 Å². The van der Waals surface area contributed by atoms with Crippen LogP contribution in [0.15, 0.2) is 36.4 Å². The number of esters is 1. The Morgan fingerprint density at radius 1 is 1.24 bits per heavy atom. The summed E-state index contributed by atoms with van der Waals surface area (Å²) < 4.78 is 10.3. The number of Topliss-reactive ketones (excluding diaryl/α,β-unsaturated/α-hetero) is 1. The fraction of sp³-hybridized carbons (Fsp3) is 0.417. The van der Waals surface area contributed by atoms with E-state index in [2.05, 4.69) is 18.2 Å². The minimum absolute atomic E-state index is 0.372. The molecule has 2 aromatic rings. The van der Waals surface area contributed by atoms with Crippen LogP contribution in [-0.2, 0) is 20.7 Å². The first-order valence-electron chi connectivity index (χ1n) is 9.93. The summed E-state index contributed by atoms with van der Waals surface area (Å²) >= 11 is 0. The molecule has 152 valence electrons. The molecule has 29 heavy (non-hydrogen) atoms. The van der Waals surface area contributed by atoms with E-state index in [0.717, 1.165) is 28.7 Å². The Bertz CT molecular complexity index is 1050. The normalized spacial score (nSPS) is 27.8. The standard InChI is InChI=1S/C24H26O5/c1-14-11-21-20-7-5-16-12-17(28-4)6-8-18(16)19(20)9-10-23(21,3)24(14,27)22(26)13-29-15(2)25/h5-8,11-12,14,27H,9-10,13H2,1-4H3/t14-,23+,24+/m1/s1. The van der Waals surface area contributed by atoms with Crippen molar-refractivity contribution < 1.29 is 24.2 Å². The van der Waals surface area contributed by atoms with E-state index in [1.165, 1.54) is 17.9 Å². The molecule has 0 saturated heterocycles. The van der Waals surface area contributed by atoms with E-state index in [9.17, 15) is 14.7 Å². The summed E-state index contributed by atoms with van der Waals surface area (Å²) in [5, 5.41) is 13.9. The van der Waals surface area contributed by atoms with Gasteiger partial charge in [-0.25, -0.2) is 0 Å². The molecular formula is C24H26O5. The molecule has 2 aliphatic carbocycles. The van der Waals surface area contributed by atoms with E-state index in [0.29, 0.717) is 6.42 Å². The van der Waals surface area contributed by atoms with E-state index in [-0.39, 0.29) is 5.92 Å². The van der Waals surface area contributed by atoms with Gasteiger partial charge in [-0.1, -0.05) is 38.1 Å². The van der Waals surface area contributed by atoms with Crippen LogP contribution in [0.3, 0.4) is 0 Å². The number of carbonyl (C=O) groups is 2. The molecule has 0 fully saturated rings. The number of rotatable bonds is 4. The Balaban J connectivity index is 1.79. The highest BCUT2D eigenvalue weighted by Gasteiger charge is 2.61. The number of benzene rings is 2. The molecule has 0 unspecified atom stereocenters. The molecule has 0 amide bonds. The summed E-state index contributed by atoms with van der Waals surface area (Å²) in [4.78, 5) is 24.1. The predicted molar refractivity (Wildman–Crippen MR) is 111 cm³/mol. The third-order valence-electron chi connectivity index (χ3n) is 6.85. The van der Waals surface area contributed by atoms with Gasteiger partial charge < -0.3 is 14.6 Å². The molecule has 0 aliphatic heterocycles. The second-order valence-electron chi connectivity index (χ2n) is 8.35. The summed E-state index contributed by atoms with van der Waals surface area (Å²) in [5.41, 5.74) is 1.00. The lowest BCUT2D eigenvalue weighted by Gasteiger charge is -2.45. The van der Waals surface area contributed by atoms with Crippen LogP contribution in [0.2, 0.25) is 0 Å². The molecule has 2 aromatic carbocycles. The highest BCUT2D eigenvalue weighted by Crippen LogP contribution is 2.59. The topological polar surface area (TPSA) is 72.8 Å². The van der Waals surface area contributed by atoms with Gasteiger partial charge in [-0.3, -0.25) is 9.59 Å².